The molecule has 1 saturated heterocycles. The van der Waals surface area contributed by atoms with Crippen molar-refractivity contribution in [2.45, 2.75) is 65.0 Å². The average molecular weight is 227 g/mol. The molecule has 0 aromatic carbocycles. The maximum atomic E-state index is 11.7. The van der Waals surface area contributed by atoms with E-state index >= 15 is 0 Å². The Bertz CT molecular complexity index is 280. The van der Waals surface area contributed by atoms with Crippen LogP contribution in [0, 0.1) is 0 Å². The Kier molecular flexibility index (Phi) is 3.94. The number of carbonyl (C=O) groups excluding carboxylic acids is 2. The van der Waals surface area contributed by atoms with Gasteiger partial charge in [-0.1, -0.05) is 19.8 Å². The second-order valence-corrected chi connectivity index (χ2v) is 5.24. The third kappa shape index (κ3) is 3.22. The molecule has 0 bridgehead atoms. The summed E-state index contributed by atoms with van der Waals surface area (Å²) in [6.07, 6.45) is 3.00. The number of imide groups is 1. The molecule has 0 aliphatic carbocycles. The number of carbonyl (C=O) groups is 2. The van der Waals surface area contributed by atoms with Crippen LogP contribution >= 0.6 is 0 Å². The number of β-lactam (4-membered cyclic amide) rings is 1. The molecule has 16 heavy (non-hydrogen) atoms. The van der Waals surface area contributed by atoms with Crippen LogP contribution in [0.1, 0.15) is 53.4 Å². The highest BCUT2D eigenvalue weighted by atomic mass is 16.6. The second kappa shape index (κ2) is 4.85. The van der Waals surface area contributed by atoms with E-state index in [4.69, 9.17) is 4.74 Å². The predicted octanol–water partition coefficient (Wildman–Crippen LogP) is 2.71. The molecule has 0 spiro atoms. The molecule has 1 unspecified atom stereocenters. The fourth-order valence-electron chi connectivity index (χ4n) is 1.72. The van der Waals surface area contributed by atoms with E-state index in [2.05, 4.69) is 6.92 Å². The first-order chi connectivity index (χ1) is 7.35. The molecule has 4 nitrogen and oxygen atoms in total. The van der Waals surface area contributed by atoms with Crippen LogP contribution in [0.2, 0.25) is 0 Å². The first-order valence-electron chi connectivity index (χ1n) is 5.90. The molecule has 0 aromatic heterocycles. The van der Waals surface area contributed by atoms with Crippen molar-refractivity contribution >= 4 is 12.0 Å². The van der Waals surface area contributed by atoms with E-state index in [1.165, 1.54) is 4.90 Å². The Labute approximate surface area is 96.9 Å². The lowest BCUT2D eigenvalue weighted by molar-refractivity contribution is -0.144. The molecule has 1 rings (SSSR count). The summed E-state index contributed by atoms with van der Waals surface area (Å²) >= 11 is 0. The summed E-state index contributed by atoms with van der Waals surface area (Å²) < 4.78 is 5.19. The molecule has 0 radical (unpaired) electrons. The van der Waals surface area contributed by atoms with Crippen molar-refractivity contribution in [3.8, 4) is 0 Å². The van der Waals surface area contributed by atoms with E-state index < -0.39 is 11.7 Å². The molecule has 1 atom stereocenters. The van der Waals surface area contributed by atoms with Crippen molar-refractivity contribution in [2.24, 2.45) is 0 Å². The van der Waals surface area contributed by atoms with Crippen LogP contribution in [-0.4, -0.2) is 28.5 Å². The Hall–Kier alpha value is -1.06. The van der Waals surface area contributed by atoms with E-state index in [0.717, 1.165) is 19.3 Å². The van der Waals surface area contributed by atoms with E-state index in [1.807, 2.05) is 0 Å². The number of nitrogens with zero attached hydrogens (tertiary/aromatic N) is 1. The monoisotopic (exact) mass is 227 g/mol. The van der Waals surface area contributed by atoms with E-state index in [1.54, 1.807) is 20.8 Å². The highest BCUT2D eigenvalue weighted by Crippen LogP contribution is 2.26. The minimum Gasteiger partial charge on any atom is -0.443 e. The predicted molar refractivity (Wildman–Crippen MR) is 61.0 cm³/mol. The van der Waals surface area contributed by atoms with Gasteiger partial charge in [-0.2, -0.15) is 0 Å². The summed E-state index contributed by atoms with van der Waals surface area (Å²) in [5.41, 5.74) is -0.539. The van der Waals surface area contributed by atoms with Gasteiger partial charge in [-0.15, -0.1) is 0 Å². The number of ether oxygens (including phenoxy) is 1. The Balaban J connectivity index is 2.50. The van der Waals surface area contributed by atoms with Gasteiger partial charge in [0.1, 0.15) is 5.60 Å². The van der Waals surface area contributed by atoms with Gasteiger partial charge in [0.05, 0.1) is 6.04 Å². The molecule has 1 fully saturated rings. The van der Waals surface area contributed by atoms with Gasteiger partial charge in [0.2, 0.25) is 5.91 Å². The number of hydrogen-bond donors (Lipinski definition) is 0. The van der Waals surface area contributed by atoms with E-state index in [0.29, 0.717) is 6.42 Å². The van der Waals surface area contributed by atoms with E-state index in [9.17, 15) is 9.59 Å². The minimum absolute atomic E-state index is 0.0577. The molecule has 1 aliphatic rings. The number of unbranched alkanes of at least 4 members (excludes halogenated alkanes) is 1. The van der Waals surface area contributed by atoms with Crippen LogP contribution in [0.4, 0.5) is 4.79 Å². The van der Waals surface area contributed by atoms with Crippen LogP contribution in [0.5, 0.6) is 0 Å². The number of hydrogen-bond acceptors (Lipinski definition) is 3. The van der Waals surface area contributed by atoms with Gasteiger partial charge in [0, 0.05) is 6.42 Å². The summed E-state index contributed by atoms with van der Waals surface area (Å²) in [6.45, 7) is 7.50. The quantitative estimate of drug-likeness (QED) is 0.696. The zero-order valence-corrected chi connectivity index (χ0v) is 10.6. The lowest BCUT2D eigenvalue weighted by Crippen LogP contribution is -2.56. The molecule has 1 aliphatic heterocycles. The summed E-state index contributed by atoms with van der Waals surface area (Å²) in [7, 11) is 0. The van der Waals surface area contributed by atoms with Crippen LogP contribution in [0.3, 0.4) is 0 Å². The van der Waals surface area contributed by atoms with Crippen LogP contribution in [0.15, 0.2) is 0 Å². The van der Waals surface area contributed by atoms with Crippen molar-refractivity contribution < 1.29 is 14.3 Å². The third-order valence-corrected chi connectivity index (χ3v) is 2.53. The van der Waals surface area contributed by atoms with Gasteiger partial charge >= 0.3 is 6.09 Å². The Morgan fingerprint density at radius 1 is 1.50 bits per heavy atom. The zero-order valence-electron chi connectivity index (χ0n) is 10.6. The molecule has 2 amide bonds. The van der Waals surface area contributed by atoms with Crippen molar-refractivity contribution in [1.82, 2.24) is 4.90 Å². The highest BCUT2D eigenvalue weighted by molar-refractivity contribution is 5.97. The number of amides is 2. The van der Waals surface area contributed by atoms with Crippen molar-refractivity contribution in [3.05, 3.63) is 0 Å². The normalized spacial score (nSPS) is 20.6. The fourth-order valence-corrected chi connectivity index (χ4v) is 1.72. The minimum atomic E-state index is -0.539. The van der Waals surface area contributed by atoms with Gasteiger partial charge in [-0.05, 0) is 27.2 Å². The molecule has 0 aromatic rings. The number of likely N-dealkylation sites (tertiary alicyclic amines) is 1. The van der Waals surface area contributed by atoms with Gasteiger partial charge in [-0.3, -0.25) is 4.79 Å². The molecular formula is C12H21NO3. The summed E-state index contributed by atoms with van der Waals surface area (Å²) in [5, 5.41) is 0. The van der Waals surface area contributed by atoms with Gasteiger partial charge < -0.3 is 4.74 Å². The molecule has 92 valence electrons. The molecule has 0 N–H and O–H groups in total. The Morgan fingerprint density at radius 3 is 2.56 bits per heavy atom. The molecular weight excluding hydrogens is 206 g/mol. The Morgan fingerprint density at radius 2 is 2.12 bits per heavy atom. The maximum absolute atomic E-state index is 11.7. The lowest BCUT2D eigenvalue weighted by Gasteiger charge is -2.39. The second-order valence-electron chi connectivity index (χ2n) is 5.24. The first-order valence-corrected chi connectivity index (χ1v) is 5.90. The highest BCUT2D eigenvalue weighted by Gasteiger charge is 2.42. The summed E-state index contributed by atoms with van der Waals surface area (Å²) in [5.74, 6) is -0.115. The zero-order chi connectivity index (χ0) is 12.3. The third-order valence-electron chi connectivity index (χ3n) is 2.53. The first kappa shape index (κ1) is 13.0. The summed E-state index contributed by atoms with van der Waals surface area (Å²) in [4.78, 5) is 24.3. The maximum Gasteiger partial charge on any atom is 0.417 e. The number of rotatable bonds is 3. The average Bonchev–Trinajstić information content (AvgIpc) is 2.08. The van der Waals surface area contributed by atoms with Gasteiger partial charge in [0.15, 0.2) is 0 Å². The van der Waals surface area contributed by atoms with Gasteiger partial charge in [0.25, 0.3) is 0 Å². The van der Waals surface area contributed by atoms with Crippen molar-refractivity contribution in [1.29, 1.82) is 0 Å². The standard InChI is InChI=1S/C12H21NO3/c1-5-6-7-9-8-10(14)13(9)11(15)16-12(2,3)4/h9H,5-8H2,1-4H3. The molecule has 1 heterocycles. The van der Waals surface area contributed by atoms with Crippen LogP contribution in [-0.2, 0) is 9.53 Å². The SMILES string of the molecule is CCCCC1CC(=O)N1C(=O)OC(C)(C)C. The summed E-state index contributed by atoms with van der Waals surface area (Å²) in [6, 6.07) is 0.0577. The smallest absolute Gasteiger partial charge is 0.417 e. The topological polar surface area (TPSA) is 46.6 Å². The lowest BCUT2D eigenvalue weighted by atomic mass is 9.97. The molecule has 0 saturated carbocycles. The largest absolute Gasteiger partial charge is 0.443 e. The van der Waals surface area contributed by atoms with Crippen LogP contribution < -0.4 is 0 Å². The van der Waals surface area contributed by atoms with Crippen molar-refractivity contribution in [2.75, 3.05) is 0 Å². The van der Waals surface area contributed by atoms with Gasteiger partial charge in [-0.25, -0.2) is 9.69 Å². The van der Waals surface area contributed by atoms with Crippen molar-refractivity contribution in [3.63, 3.8) is 0 Å². The fraction of sp³-hybridized carbons (Fsp3) is 0.833. The van der Waals surface area contributed by atoms with E-state index in [-0.39, 0.29) is 11.9 Å². The van der Waals surface area contributed by atoms with Crippen LogP contribution in [0.25, 0.3) is 0 Å². The molecule has 4 heteroatoms.